The molecule has 7 nitrogen and oxygen atoms in total. The molecule has 0 amide bonds. The smallest absolute Gasteiger partial charge is 0.325 e. The minimum absolute atomic E-state index is 0.00384. The van der Waals surface area contributed by atoms with E-state index in [1.165, 1.54) is 0 Å². The maximum Gasteiger partial charge on any atom is 0.325 e. The third-order valence-electron chi connectivity index (χ3n) is 1.41. The Balaban J connectivity index is 2.82. The summed E-state index contributed by atoms with van der Waals surface area (Å²) in [7, 11) is 0. The van der Waals surface area contributed by atoms with Crippen LogP contribution in [0.3, 0.4) is 0 Å². The molecule has 0 aliphatic rings. The van der Waals surface area contributed by atoms with Gasteiger partial charge in [-0.1, -0.05) is 0 Å². The zero-order valence-electron chi connectivity index (χ0n) is 8.09. The molecule has 0 saturated carbocycles. The zero-order valence-corrected chi connectivity index (χ0v) is 7.09. The van der Waals surface area contributed by atoms with Crippen LogP contribution in [0.4, 0.5) is 0 Å². The first-order valence-corrected chi connectivity index (χ1v) is 3.75. The van der Waals surface area contributed by atoms with Crippen LogP contribution in [0.15, 0.2) is 15.8 Å². The van der Waals surface area contributed by atoms with E-state index in [0.717, 1.165) is 0 Å². The average Bonchev–Trinajstić information content (AvgIpc) is 2.08. The van der Waals surface area contributed by atoms with Gasteiger partial charge in [-0.15, -0.1) is 0 Å². The third-order valence-corrected chi connectivity index (χ3v) is 1.41. The summed E-state index contributed by atoms with van der Waals surface area (Å²) in [5.74, 6) is -1.07. The van der Waals surface area contributed by atoms with Crippen molar-refractivity contribution in [1.82, 2.24) is 15.3 Å². The Morgan fingerprint density at radius 1 is 1.64 bits per heavy atom. The molecule has 0 bridgehead atoms. The molecular weight excluding hydrogens is 190 g/mol. The average molecular weight is 200 g/mol. The Bertz CT molecular complexity index is 478. The summed E-state index contributed by atoms with van der Waals surface area (Å²) in [5, 5.41) is 10.8. The minimum Gasteiger partial charge on any atom is -0.480 e. The van der Waals surface area contributed by atoms with Crippen molar-refractivity contribution >= 4 is 5.97 Å². The van der Waals surface area contributed by atoms with Crippen LogP contribution in [0.25, 0.3) is 0 Å². The van der Waals surface area contributed by atoms with Crippen LogP contribution < -0.4 is 16.6 Å². The maximum atomic E-state index is 11.2. The van der Waals surface area contributed by atoms with Gasteiger partial charge in [-0.3, -0.25) is 14.6 Å². The van der Waals surface area contributed by atoms with Crippen molar-refractivity contribution < 1.29 is 11.3 Å². The van der Waals surface area contributed by atoms with Gasteiger partial charge in [-0.25, -0.2) is 4.79 Å². The molecule has 0 saturated heterocycles. The fourth-order valence-electron chi connectivity index (χ4n) is 0.818. The van der Waals surface area contributed by atoms with Gasteiger partial charge < -0.3 is 15.4 Å². The second kappa shape index (κ2) is 4.38. The van der Waals surface area contributed by atoms with Gasteiger partial charge in [0.2, 0.25) is 0 Å². The summed E-state index contributed by atoms with van der Waals surface area (Å²) >= 11 is 0. The van der Waals surface area contributed by atoms with Crippen LogP contribution in [0.1, 0.15) is 6.93 Å². The lowest BCUT2D eigenvalue weighted by Gasteiger charge is -1.99. The molecule has 0 atom stereocenters. The number of nitrogens with one attached hydrogen (secondary N) is 3. The molecule has 1 rings (SSSR count). The number of carboxylic acids is 1. The number of aliphatic carboxylic acids is 1. The van der Waals surface area contributed by atoms with Crippen LogP contribution in [0, 0.1) is 0 Å². The number of aromatic amines is 2. The molecule has 0 aliphatic heterocycles. The first kappa shape index (κ1) is 8.70. The standard InChI is InChI=1S/C7H9N3O4/c11-5(12)3-8-1-4-2-9-7(14)10-6(4)13/h2,8H,1,3H2,(H,11,12)(H2,9,10,13,14)/i2D. The summed E-state index contributed by atoms with van der Waals surface area (Å²) in [5.41, 5.74) is -1.45. The highest BCUT2D eigenvalue weighted by Gasteiger charge is 2.00. The summed E-state index contributed by atoms with van der Waals surface area (Å²) in [4.78, 5) is 36.0. The second-order valence-electron chi connectivity index (χ2n) is 2.51. The van der Waals surface area contributed by atoms with E-state index in [1.807, 2.05) is 4.98 Å². The quantitative estimate of drug-likeness (QED) is 0.459. The van der Waals surface area contributed by atoms with E-state index < -0.39 is 17.2 Å². The second-order valence-corrected chi connectivity index (χ2v) is 2.51. The number of aromatic nitrogens is 2. The van der Waals surface area contributed by atoms with Crippen molar-refractivity contribution in [2.75, 3.05) is 6.54 Å². The predicted octanol–water partition coefficient (Wildman–Crippen LogP) is -1.76. The molecular formula is C7H9N3O4. The molecule has 0 unspecified atom stereocenters. The van der Waals surface area contributed by atoms with E-state index >= 15 is 0 Å². The van der Waals surface area contributed by atoms with Crippen molar-refractivity contribution in [3.05, 3.63) is 32.6 Å². The fourth-order valence-corrected chi connectivity index (χ4v) is 0.818. The van der Waals surface area contributed by atoms with Gasteiger partial charge in [0.15, 0.2) is 0 Å². The number of carbonyl (C=O) groups is 1. The van der Waals surface area contributed by atoms with E-state index in [-0.39, 0.29) is 24.8 Å². The highest BCUT2D eigenvalue weighted by atomic mass is 16.4. The fraction of sp³-hybridized carbons (Fsp3) is 0.286. The number of carboxylic acid groups (broad SMARTS) is 1. The molecule has 1 aromatic heterocycles. The molecule has 0 spiro atoms. The van der Waals surface area contributed by atoms with Crippen molar-refractivity contribution in [3.63, 3.8) is 0 Å². The van der Waals surface area contributed by atoms with Crippen molar-refractivity contribution in [2.24, 2.45) is 0 Å². The minimum atomic E-state index is -1.07. The highest BCUT2D eigenvalue weighted by molar-refractivity contribution is 5.68. The van der Waals surface area contributed by atoms with Gasteiger partial charge >= 0.3 is 11.7 Å². The Labute approximate surface area is 79.2 Å². The Kier molecular flexibility index (Phi) is 2.72. The molecule has 4 N–H and O–H groups in total. The van der Waals surface area contributed by atoms with Crippen molar-refractivity contribution in [3.8, 4) is 0 Å². The molecule has 76 valence electrons. The lowest BCUT2D eigenvalue weighted by atomic mass is 10.3. The van der Waals surface area contributed by atoms with Crippen LogP contribution in [0.5, 0.6) is 0 Å². The van der Waals surface area contributed by atoms with Gasteiger partial charge in [0.25, 0.3) is 5.56 Å². The molecule has 1 heterocycles. The van der Waals surface area contributed by atoms with E-state index in [9.17, 15) is 14.4 Å². The Morgan fingerprint density at radius 3 is 2.93 bits per heavy atom. The summed E-state index contributed by atoms with van der Waals surface area (Å²) in [6.07, 6.45) is -0.318. The van der Waals surface area contributed by atoms with Gasteiger partial charge in [0.1, 0.15) is 0 Å². The summed E-state index contributed by atoms with van der Waals surface area (Å²) in [6, 6.07) is 0. The Morgan fingerprint density at radius 2 is 2.36 bits per heavy atom. The van der Waals surface area contributed by atoms with Gasteiger partial charge in [-0.05, 0) is 0 Å². The third kappa shape index (κ3) is 2.87. The van der Waals surface area contributed by atoms with E-state index in [1.54, 1.807) is 0 Å². The van der Waals surface area contributed by atoms with Crippen LogP contribution >= 0.6 is 0 Å². The number of hydrogen-bond acceptors (Lipinski definition) is 4. The SMILES string of the molecule is [2H]c1[nH]c(=O)[nH]c(=O)c1CNCC(=O)O. The van der Waals surface area contributed by atoms with Crippen molar-refractivity contribution in [1.29, 1.82) is 0 Å². The van der Waals surface area contributed by atoms with Gasteiger partial charge in [0.05, 0.1) is 7.92 Å². The Hall–Kier alpha value is -1.89. The number of hydrogen-bond donors (Lipinski definition) is 4. The van der Waals surface area contributed by atoms with E-state index in [4.69, 9.17) is 6.48 Å². The molecule has 1 aromatic rings. The first-order chi connectivity index (χ1) is 7.00. The van der Waals surface area contributed by atoms with Crippen molar-refractivity contribution in [2.45, 2.75) is 6.54 Å². The highest BCUT2D eigenvalue weighted by Crippen LogP contribution is 1.82. The van der Waals surface area contributed by atoms with Crippen LogP contribution in [-0.4, -0.2) is 27.6 Å². The molecule has 0 aromatic carbocycles. The number of H-pyrrole nitrogens is 2. The monoisotopic (exact) mass is 200 g/mol. The lowest BCUT2D eigenvalue weighted by Crippen LogP contribution is -2.29. The lowest BCUT2D eigenvalue weighted by molar-refractivity contribution is -0.135. The number of rotatable bonds is 4. The van der Waals surface area contributed by atoms with E-state index in [0.29, 0.717) is 0 Å². The molecule has 0 radical (unpaired) electrons. The summed E-state index contributed by atoms with van der Waals surface area (Å²) in [6.45, 7) is -0.407. The topological polar surface area (TPSA) is 115 Å². The zero-order chi connectivity index (χ0) is 11.4. The molecule has 0 fully saturated rings. The largest absolute Gasteiger partial charge is 0.480 e. The molecule has 14 heavy (non-hydrogen) atoms. The van der Waals surface area contributed by atoms with Crippen LogP contribution in [-0.2, 0) is 11.3 Å². The normalized spacial score (nSPS) is 11.0. The predicted molar refractivity (Wildman–Crippen MR) is 47.0 cm³/mol. The molecule has 7 heteroatoms. The van der Waals surface area contributed by atoms with Crippen LogP contribution in [0.2, 0.25) is 0 Å². The van der Waals surface area contributed by atoms with Gasteiger partial charge in [0, 0.05) is 18.3 Å². The summed E-state index contributed by atoms with van der Waals surface area (Å²) < 4.78 is 7.28. The molecule has 0 aliphatic carbocycles. The van der Waals surface area contributed by atoms with Gasteiger partial charge in [-0.2, -0.15) is 0 Å². The first-order valence-electron chi connectivity index (χ1n) is 4.25. The maximum absolute atomic E-state index is 11.2. The van der Waals surface area contributed by atoms with E-state index in [2.05, 4.69) is 10.3 Å².